The Kier molecular flexibility index (Phi) is 6.82. The van der Waals surface area contributed by atoms with Gasteiger partial charge in [0, 0.05) is 40.2 Å². The number of benzene rings is 2. The topological polar surface area (TPSA) is 121 Å². The molecule has 39 heavy (non-hydrogen) atoms. The summed E-state index contributed by atoms with van der Waals surface area (Å²) in [5.41, 5.74) is 1.47. The molecule has 6 rings (SSSR count). The summed E-state index contributed by atoms with van der Waals surface area (Å²) in [4.78, 5) is 65.1. The van der Waals surface area contributed by atoms with E-state index in [1.54, 1.807) is 66.9 Å². The first-order valence-electron chi connectivity index (χ1n) is 11.3. The van der Waals surface area contributed by atoms with Crippen LogP contribution in [-0.4, -0.2) is 41.2 Å². The number of methoxy groups -OCH3 is 1. The minimum absolute atomic E-state index is 0.0571. The SMILES string of the molecule is COC(=O)c1c(-c2cccnc2)oc2c1C(=O)c1ccccc1C2=O.O=C1C(Cl)=C(Cl)C(=O)c2ccccc21. The van der Waals surface area contributed by atoms with Gasteiger partial charge in [-0.3, -0.25) is 24.2 Å². The third kappa shape index (κ3) is 4.29. The van der Waals surface area contributed by atoms with Crippen molar-refractivity contribution in [3.05, 3.63) is 122 Å². The van der Waals surface area contributed by atoms with Crippen LogP contribution in [0.1, 0.15) is 63.1 Å². The molecule has 10 heteroatoms. The molecule has 2 aliphatic carbocycles. The Hall–Kier alpha value is -4.66. The van der Waals surface area contributed by atoms with Crippen molar-refractivity contribution in [3.8, 4) is 11.3 Å². The largest absolute Gasteiger partial charge is 0.465 e. The molecule has 0 fully saturated rings. The summed E-state index contributed by atoms with van der Waals surface area (Å²) in [5, 5.41) is -0.397. The minimum atomic E-state index is -0.746. The molecule has 0 saturated heterocycles. The molecule has 2 aliphatic rings. The van der Waals surface area contributed by atoms with Crippen LogP contribution in [0.5, 0.6) is 0 Å². The molecule has 2 aromatic carbocycles. The molecule has 2 aromatic heterocycles. The van der Waals surface area contributed by atoms with E-state index in [2.05, 4.69) is 4.98 Å². The lowest BCUT2D eigenvalue weighted by atomic mass is 9.86. The molecule has 0 unspecified atom stereocenters. The fourth-order valence-electron chi connectivity index (χ4n) is 4.26. The van der Waals surface area contributed by atoms with E-state index in [-0.39, 0.29) is 43.8 Å². The van der Waals surface area contributed by atoms with Gasteiger partial charge in [0.2, 0.25) is 17.3 Å². The van der Waals surface area contributed by atoms with E-state index in [1.165, 1.54) is 13.3 Å². The van der Waals surface area contributed by atoms with Gasteiger partial charge in [0.05, 0.1) is 12.7 Å². The lowest BCUT2D eigenvalue weighted by molar-refractivity contribution is 0.0598. The molecule has 0 aliphatic heterocycles. The summed E-state index contributed by atoms with van der Waals surface area (Å²) in [6, 6.07) is 16.2. The molecule has 0 amide bonds. The number of carbonyl (C=O) groups is 5. The molecule has 0 N–H and O–H groups in total. The average molecular weight is 560 g/mol. The third-order valence-electron chi connectivity index (χ3n) is 6.08. The van der Waals surface area contributed by atoms with Crippen LogP contribution in [0, 0.1) is 0 Å². The number of pyridine rings is 1. The lowest BCUT2D eigenvalue weighted by Gasteiger charge is -2.13. The van der Waals surface area contributed by atoms with Crippen molar-refractivity contribution in [2.24, 2.45) is 0 Å². The molecule has 8 nitrogen and oxygen atoms in total. The van der Waals surface area contributed by atoms with Crippen LogP contribution in [0.4, 0.5) is 0 Å². The van der Waals surface area contributed by atoms with Crippen LogP contribution in [-0.2, 0) is 4.74 Å². The highest BCUT2D eigenvalue weighted by molar-refractivity contribution is 6.59. The van der Waals surface area contributed by atoms with Gasteiger partial charge < -0.3 is 9.15 Å². The quantitative estimate of drug-likeness (QED) is 0.254. The van der Waals surface area contributed by atoms with Gasteiger partial charge >= 0.3 is 5.97 Å². The summed E-state index contributed by atoms with van der Waals surface area (Å²) in [5.74, 6) is -2.47. The molecular weight excluding hydrogens is 545 g/mol. The number of rotatable bonds is 2. The van der Waals surface area contributed by atoms with Crippen LogP contribution in [0.15, 0.2) is 87.5 Å². The number of Topliss-reactive ketones (excluding diaryl/α,β-unsaturated/α-hetero) is 2. The van der Waals surface area contributed by atoms with Gasteiger partial charge in [-0.25, -0.2) is 4.79 Å². The number of furan rings is 1. The summed E-state index contributed by atoms with van der Waals surface area (Å²) in [7, 11) is 1.21. The fraction of sp³-hybridized carbons (Fsp3) is 0.0345. The van der Waals surface area contributed by atoms with Crippen molar-refractivity contribution in [2.45, 2.75) is 0 Å². The van der Waals surface area contributed by atoms with Crippen molar-refractivity contribution in [1.82, 2.24) is 4.98 Å². The maximum atomic E-state index is 12.9. The molecule has 0 atom stereocenters. The highest BCUT2D eigenvalue weighted by Gasteiger charge is 2.40. The molecule has 0 saturated carbocycles. The van der Waals surface area contributed by atoms with Gasteiger partial charge in [0.1, 0.15) is 15.6 Å². The number of ketones is 4. The van der Waals surface area contributed by atoms with Crippen LogP contribution in [0.25, 0.3) is 11.3 Å². The van der Waals surface area contributed by atoms with Crippen molar-refractivity contribution in [1.29, 1.82) is 0 Å². The first kappa shape index (κ1) is 26.0. The zero-order valence-corrected chi connectivity index (χ0v) is 21.5. The van der Waals surface area contributed by atoms with E-state index in [4.69, 9.17) is 32.4 Å². The molecule has 0 radical (unpaired) electrons. The molecule has 0 bridgehead atoms. The van der Waals surface area contributed by atoms with E-state index < -0.39 is 29.1 Å². The number of halogens is 2. The summed E-state index contributed by atoms with van der Waals surface area (Å²) in [6.07, 6.45) is 3.05. The Bertz CT molecular complexity index is 1710. The smallest absolute Gasteiger partial charge is 0.342 e. The van der Waals surface area contributed by atoms with Gasteiger partial charge in [-0.05, 0) is 12.1 Å². The zero-order chi connectivity index (χ0) is 27.8. The Morgan fingerprint density at radius 2 is 1.23 bits per heavy atom. The molecule has 2 heterocycles. The number of carbonyl (C=O) groups excluding carboxylic acids is 5. The monoisotopic (exact) mass is 559 g/mol. The zero-order valence-electron chi connectivity index (χ0n) is 20.0. The van der Waals surface area contributed by atoms with Crippen molar-refractivity contribution in [3.63, 3.8) is 0 Å². The predicted molar refractivity (Wildman–Crippen MR) is 140 cm³/mol. The summed E-state index contributed by atoms with van der Waals surface area (Å²) in [6.45, 7) is 0. The summed E-state index contributed by atoms with van der Waals surface area (Å²) >= 11 is 11.2. The predicted octanol–water partition coefficient (Wildman–Crippen LogP) is 5.66. The van der Waals surface area contributed by atoms with E-state index in [9.17, 15) is 24.0 Å². The molecular formula is C29H15Cl2NO7. The normalized spacial score (nSPS) is 13.7. The molecule has 192 valence electrons. The van der Waals surface area contributed by atoms with Crippen molar-refractivity contribution < 1.29 is 33.1 Å². The second kappa shape index (κ2) is 10.2. The Balaban J connectivity index is 0.000000186. The van der Waals surface area contributed by atoms with Gasteiger partial charge in [-0.2, -0.15) is 0 Å². The van der Waals surface area contributed by atoms with Gasteiger partial charge in [-0.15, -0.1) is 0 Å². The van der Waals surface area contributed by atoms with Crippen LogP contribution >= 0.6 is 23.2 Å². The minimum Gasteiger partial charge on any atom is -0.465 e. The second-order valence-corrected chi connectivity index (χ2v) is 9.04. The summed E-state index contributed by atoms with van der Waals surface area (Å²) < 4.78 is 10.5. The number of ether oxygens (including phenoxy) is 1. The average Bonchev–Trinajstić information content (AvgIpc) is 3.39. The second-order valence-electron chi connectivity index (χ2n) is 8.28. The van der Waals surface area contributed by atoms with Crippen LogP contribution < -0.4 is 0 Å². The maximum absolute atomic E-state index is 12.9. The van der Waals surface area contributed by atoms with Crippen molar-refractivity contribution >= 4 is 52.3 Å². The Labute approximate surface area is 230 Å². The Morgan fingerprint density at radius 1 is 0.718 bits per heavy atom. The number of aromatic nitrogens is 1. The molecule has 0 spiro atoms. The number of nitrogens with zero attached hydrogens (tertiary/aromatic N) is 1. The maximum Gasteiger partial charge on any atom is 0.342 e. The van der Waals surface area contributed by atoms with Gasteiger partial charge in [0.25, 0.3) is 0 Å². The highest BCUT2D eigenvalue weighted by atomic mass is 35.5. The van der Waals surface area contributed by atoms with Gasteiger partial charge in [0.15, 0.2) is 17.3 Å². The number of fused-ring (bicyclic) bond motifs is 3. The number of esters is 1. The lowest BCUT2D eigenvalue weighted by Crippen LogP contribution is -2.21. The van der Waals surface area contributed by atoms with Crippen LogP contribution in [0.2, 0.25) is 0 Å². The first-order chi connectivity index (χ1) is 18.8. The van der Waals surface area contributed by atoms with Crippen LogP contribution in [0.3, 0.4) is 0 Å². The van der Waals surface area contributed by atoms with E-state index in [0.29, 0.717) is 16.7 Å². The third-order valence-corrected chi connectivity index (χ3v) is 6.90. The van der Waals surface area contributed by atoms with Crippen molar-refractivity contribution in [2.75, 3.05) is 7.11 Å². The number of allylic oxidation sites excluding steroid dienone is 2. The highest BCUT2D eigenvalue weighted by Crippen LogP contribution is 2.38. The molecule has 4 aromatic rings. The first-order valence-corrected chi connectivity index (χ1v) is 12.1. The van der Waals surface area contributed by atoms with Gasteiger partial charge in [-0.1, -0.05) is 71.7 Å². The number of hydrogen-bond donors (Lipinski definition) is 0. The van der Waals surface area contributed by atoms with E-state index in [0.717, 1.165) is 0 Å². The number of hydrogen-bond acceptors (Lipinski definition) is 8. The standard InChI is InChI=1S/C19H11NO5.C10H4Cl2O2/c1-24-19(23)14-13-15(21)11-6-2-3-7-12(11)16(22)18(13)25-17(14)10-5-4-8-20-9-10;11-7-8(12)10(14)6-4-2-1-3-5(6)9(7)13/h2-9H,1H3;1-4H. The fourth-order valence-corrected chi connectivity index (χ4v) is 4.63. The van der Waals surface area contributed by atoms with E-state index >= 15 is 0 Å². The van der Waals surface area contributed by atoms with E-state index in [1.807, 2.05) is 0 Å². The Morgan fingerprint density at radius 3 is 1.72 bits per heavy atom.